The number of aromatic nitrogens is 1. The number of thiazole rings is 1. The number of azide groups is 1. The number of methoxy groups -OCH3 is 1. The fourth-order valence-corrected chi connectivity index (χ4v) is 5.34. The fourth-order valence-electron chi connectivity index (χ4n) is 4.54. The van der Waals surface area contributed by atoms with Crippen LogP contribution in [0.3, 0.4) is 0 Å². The van der Waals surface area contributed by atoms with Crippen LogP contribution in [0.15, 0.2) is 34.8 Å². The maximum atomic E-state index is 13.2. The molecule has 0 fully saturated rings. The van der Waals surface area contributed by atoms with Crippen molar-refractivity contribution >= 4 is 29.1 Å². The maximum absolute atomic E-state index is 13.2. The van der Waals surface area contributed by atoms with Crippen LogP contribution in [0.25, 0.3) is 10.4 Å². The number of hydrogen-bond donors (Lipinski definition) is 3. The predicted molar refractivity (Wildman–Crippen MR) is 163 cm³/mol. The Hall–Kier alpha value is -3.47. The van der Waals surface area contributed by atoms with Crippen LogP contribution in [0.1, 0.15) is 86.6 Å². The lowest BCUT2D eigenvalue weighted by atomic mass is 9.95. The summed E-state index contributed by atoms with van der Waals surface area (Å²) in [7, 11) is 1.34. The molecule has 0 saturated heterocycles. The molecular formula is C30H44N6O5S. The molecule has 42 heavy (non-hydrogen) atoms. The molecule has 230 valence electrons. The van der Waals surface area contributed by atoms with Gasteiger partial charge in [0.15, 0.2) is 0 Å². The van der Waals surface area contributed by atoms with E-state index in [1.165, 1.54) is 7.11 Å². The molecule has 0 saturated carbocycles. The number of aryl methyl sites for hydroxylation is 1. The first-order valence-electron chi connectivity index (χ1n) is 14.3. The van der Waals surface area contributed by atoms with Crippen molar-refractivity contribution in [1.29, 1.82) is 0 Å². The van der Waals surface area contributed by atoms with Gasteiger partial charge in [-0.3, -0.25) is 14.4 Å². The van der Waals surface area contributed by atoms with E-state index in [-0.39, 0.29) is 41.9 Å². The van der Waals surface area contributed by atoms with Crippen molar-refractivity contribution in [3.63, 3.8) is 0 Å². The summed E-state index contributed by atoms with van der Waals surface area (Å²) in [6.07, 6.45) is 0.733. The van der Waals surface area contributed by atoms with Gasteiger partial charge in [-0.15, -0.1) is 11.3 Å². The average molecular weight is 601 g/mol. The van der Waals surface area contributed by atoms with Crippen molar-refractivity contribution in [3.05, 3.63) is 61.9 Å². The van der Waals surface area contributed by atoms with Crippen LogP contribution in [0.2, 0.25) is 0 Å². The molecule has 0 bridgehead atoms. The molecule has 11 nitrogen and oxygen atoms in total. The summed E-state index contributed by atoms with van der Waals surface area (Å²) in [5.74, 6) is -1.70. The number of amides is 2. The van der Waals surface area contributed by atoms with Gasteiger partial charge in [-0.05, 0) is 42.7 Å². The van der Waals surface area contributed by atoms with E-state index in [0.29, 0.717) is 24.3 Å². The molecule has 6 atom stereocenters. The van der Waals surface area contributed by atoms with Crippen LogP contribution in [0.4, 0.5) is 0 Å². The van der Waals surface area contributed by atoms with Crippen LogP contribution in [0, 0.1) is 24.7 Å². The monoisotopic (exact) mass is 600 g/mol. The zero-order valence-electron chi connectivity index (χ0n) is 25.5. The second-order valence-electron chi connectivity index (χ2n) is 11.2. The Kier molecular flexibility index (Phi) is 13.9. The van der Waals surface area contributed by atoms with Crippen LogP contribution in [-0.2, 0) is 20.7 Å². The molecule has 12 heteroatoms. The normalized spacial score (nSPS) is 15.5. The van der Waals surface area contributed by atoms with Crippen LogP contribution in [0.5, 0.6) is 0 Å². The molecule has 1 unspecified atom stereocenters. The van der Waals surface area contributed by atoms with Gasteiger partial charge in [0, 0.05) is 28.8 Å². The van der Waals surface area contributed by atoms with Gasteiger partial charge < -0.3 is 20.5 Å². The lowest BCUT2D eigenvalue weighted by molar-refractivity contribution is -0.145. The molecule has 0 radical (unpaired) electrons. The standard InChI is InChI=1S/C30H44N6O5S/c1-8-19(5)26(35-36-31)28(39)33-23(17(2)3)15-25(37)29-34-24(16-42-29)27(38)32-22(13-20(6)30(40)41-7)14-21-11-9-18(4)10-12-21/h9-12,16-17,19-20,22-23,25-26,37H,8,13-15H2,1-7H3,(H,32,38)(H,33,39)/t19-,20-,22+,23+,25+,26?/m0/s1. The molecule has 2 aromatic rings. The summed E-state index contributed by atoms with van der Waals surface area (Å²) in [5.41, 5.74) is 11.2. The Bertz CT molecular complexity index is 1230. The van der Waals surface area contributed by atoms with Gasteiger partial charge in [0.1, 0.15) is 22.8 Å². The number of benzene rings is 1. The molecule has 0 aliphatic heterocycles. The van der Waals surface area contributed by atoms with Crippen molar-refractivity contribution in [1.82, 2.24) is 15.6 Å². The zero-order valence-corrected chi connectivity index (χ0v) is 26.4. The molecule has 2 rings (SSSR count). The number of carbonyl (C=O) groups excluding carboxylic acids is 3. The largest absolute Gasteiger partial charge is 0.469 e. The highest BCUT2D eigenvalue weighted by atomic mass is 32.1. The summed E-state index contributed by atoms with van der Waals surface area (Å²) in [5, 5.41) is 22.5. The molecule has 1 aromatic carbocycles. The SMILES string of the molecule is CC[C@H](C)C(N=[N+]=[N-])C(=O)N[C@H](C[C@@H](O)c1nc(C(=O)N[C@@H](Cc2ccc(C)cc2)C[C@H](C)C(=O)OC)cs1)C(C)C. The molecule has 2 amide bonds. The van der Waals surface area contributed by atoms with E-state index in [4.69, 9.17) is 10.3 Å². The van der Waals surface area contributed by atoms with Crippen LogP contribution >= 0.6 is 11.3 Å². The van der Waals surface area contributed by atoms with E-state index < -0.39 is 30.0 Å². The number of ether oxygens (including phenoxy) is 1. The van der Waals surface area contributed by atoms with Crippen molar-refractivity contribution in [2.45, 2.75) is 91.5 Å². The summed E-state index contributed by atoms with van der Waals surface area (Å²) in [4.78, 5) is 45.4. The Morgan fingerprint density at radius 1 is 1.12 bits per heavy atom. The highest BCUT2D eigenvalue weighted by Crippen LogP contribution is 2.25. The minimum absolute atomic E-state index is 0.0192. The lowest BCUT2D eigenvalue weighted by Crippen LogP contribution is -2.45. The first kappa shape index (κ1) is 34.7. The molecule has 0 aliphatic carbocycles. The summed E-state index contributed by atoms with van der Waals surface area (Å²) in [6, 6.07) is 6.39. The Morgan fingerprint density at radius 3 is 2.36 bits per heavy atom. The number of aliphatic hydroxyl groups excluding tert-OH is 1. The minimum Gasteiger partial charge on any atom is -0.469 e. The van der Waals surface area contributed by atoms with Gasteiger partial charge >= 0.3 is 5.97 Å². The first-order chi connectivity index (χ1) is 19.9. The van der Waals surface area contributed by atoms with Gasteiger partial charge in [0.05, 0.1) is 13.0 Å². The molecule has 0 aliphatic rings. The average Bonchev–Trinajstić information content (AvgIpc) is 3.46. The quantitative estimate of drug-likeness (QED) is 0.103. The number of carbonyl (C=O) groups is 3. The smallest absolute Gasteiger partial charge is 0.308 e. The van der Waals surface area contributed by atoms with Crippen molar-refractivity contribution in [2.24, 2.45) is 22.9 Å². The van der Waals surface area contributed by atoms with Gasteiger partial charge in [-0.25, -0.2) is 4.98 Å². The number of nitrogens with zero attached hydrogens (tertiary/aromatic N) is 4. The summed E-state index contributed by atoms with van der Waals surface area (Å²) < 4.78 is 4.88. The van der Waals surface area contributed by atoms with Crippen molar-refractivity contribution in [3.8, 4) is 0 Å². The predicted octanol–water partition coefficient (Wildman–Crippen LogP) is 5.28. The van der Waals surface area contributed by atoms with E-state index in [2.05, 4.69) is 25.6 Å². The first-order valence-corrected chi connectivity index (χ1v) is 15.2. The molecule has 1 heterocycles. The Balaban J connectivity index is 2.13. The zero-order chi connectivity index (χ0) is 31.4. The van der Waals surface area contributed by atoms with Gasteiger partial charge in [-0.1, -0.05) is 76.0 Å². The third-order valence-electron chi connectivity index (χ3n) is 7.46. The number of nitrogens with one attached hydrogen (secondary N) is 2. The second-order valence-corrected chi connectivity index (χ2v) is 12.1. The molecular weight excluding hydrogens is 556 g/mol. The molecule has 1 aromatic heterocycles. The van der Waals surface area contributed by atoms with E-state index >= 15 is 0 Å². The Labute approximate surface area is 252 Å². The summed E-state index contributed by atoms with van der Waals surface area (Å²) >= 11 is 1.16. The van der Waals surface area contributed by atoms with E-state index in [1.807, 2.05) is 58.9 Å². The second kappa shape index (κ2) is 16.8. The van der Waals surface area contributed by atoms with E-state index in [9.17, 15) is 19.5 Å². The highest BCUT2D eigenvalue weighted by molar-refractivity contribution is 7.09. The van der Waals surface area contributed by atoms with E-state index in [1.54, 1.807) is 12.3 Å². The Morgan fingerprint density at radius 2 is 1.79 bits per heavy atom. The molecule has 3 N–H and O–H groups in total. The molecule has 0 spiro atoms. The third kappa shape index (κ3) is 10.4. The van der Waals surface area contributed by atoms with Gasteiger partial charge in [-0.2, -0.15) is 0 Å². The van der Waals surface area contributed by atoms with Crippen LogP contribution < -0.4 is 10.6 Å². The number of aliphatic hydroxyl groups is 1. The highest BCUT2D eigenvalue weighted by Gasteiger charge is 2.29. The topological polar surface area (TPSA) is 166 Å². The van der Waals surface area contributed by atoms with Crippen molar-refractivity contribution in [2.75, 3.05) is 7.11 Å². The fraction of sp³-hybridized carbons (Fsp3) is 0.600. The number of hydrogen-bond acceptors (Lipinski definition) is 8. The van der Waals surface area contributed by atoms with Crippen molar-refractivity contribution < 1.29 is 24.2 Å². The number of esters is 1. The van der Waals surface area contributed by atoms with Gasteiger partial charge in [0.25, 0.3) is 5.91 Å². The number of rotatable bonds is 16. The van der Waals surface area contributed by atoms with E-state index in [0.717, 1.165) is 22.5 Å². The lowest BCUT2D eigenvalue weighted by Gasteiger charge is -2.27. The van der Waals surface area contributed by atoms with Crippen LogP contribution in [-0.4, -0.2) is 53.1 Å². The third-order valence-corrected chi connectivity index (χ3v) is 8.40. The van der Waals surface area contributed by atoms with Gasteiger partial charge in [0.2, 0.25) is 5.91 Å². The minimum atomic E-state index is -1.02. The summed E-state index contributed by atoms with van der Waals surface area (Å²) in [6.45, 7) is 11.4. The maximum Gasteiger partial charge on any atom is 0.308 e.